The lowest BCUT2D eigenvalue weighted by atomic mass is 10.1. The van der Waals surface area contributed by atoms with Crippen molar-refractivity contribution in [2.45, 2.75) is 51.0 Å². The third kappa shape index (κ3) is 3.25. The fraction of sp³-hybridized carbons (Fsp3) is 1.00. The fourth-order valence-electron chi connectivity index (χ4n) is 2.31. The van der Waals surface area contributed by atoms with Crippen LogP contribution in [0.15, 0.2) is 0 Å². The highest BCUT2D eigenvalue weighted by molar-refractivity contribution is 4.96. The number of nitrogens with one attached hydrogen (secondary N) is 1. The maximum atomic E-state index is 8.65. The van der Waals surface area contributed by atoms with Crippen LogP contribution in [0, 0.1) is 11.8 Å². The van der Waals surface area contributed by atoms with Gasteiger partial charge in [-0.2, -0.15) is 0 Å². The number of hydrogen-bond acceptors (Lipinski definition) is 2. The molecule has 2 nitrogen and oxygen atoms in total. The third-order valence-corrected chi connectivity index (χ3v) is 3.47. The van der Waals surface area contributed by atoms with E-state index in [1.807, 2.05) is 0 Å². The van der Waals surface area contributed by atoms with Crippen LogP contribution < -0.4 is 5.32 Å². The van der Waals surface area contributed by atoms with E-state index < -0.39 is 0 Å². The summed E-state index contributed by atoms with van der Waals surface area (Å²) in [5.74, 6) is 2.03. The van der Waals surface area contributed by atoms with E-state index in [4.69, 9.17) is 5.11 Å². The van der Waals surface area contributed by atoms with Crippen molar-refractivity contribution in [2.75, 3.05) is 13.2 Å². The Hall–Kier alpha value is -0.0800. The number of aliphatic hydroxyl groups excluding tert-OH is 1. The molecule has 0 bridgehead atoms. The number of aliphatic hydroxyl groups is 1. The van der Waals surface area contributed by atoms with Crippen molar-refractivity contribution in [3.05, 3.63) is 0 Å². The highest BCUT2D eigenvalue weighted by Gasteiger charge is 2.40. The highest BCUT2D eigenvalue weighted by atomic mass is 16.2. The van der Waals surface area contributed by atoms with E-state index in [9.17, 15) is 0 Å². The zero-order valence-corrected chi connectivity index (χ0v) is 9.04. The van der Waals surface area contributed by atoms with E-state index in [1.165, 1.54) is 38.5 Å². The highest BCUT2D eigenvalue weighted by Crippen LogP contribution is 2.44. The van der Waals surface area contributed by atoms with Crippen molar-refractivity contribution < 1.29 is 5.11 Å². The predicted molar refractivity (Wildman–Crippen MR) is 58.2 cm³/mol. The zero-order chi connectivity index (χ0) is 9.80. The lowest BCUT2D eigenvalue weighted by molar-refractivity contribution is 0.281. The summed E-state index contributed by atoms with van der Waals surface area (Å²) in [7, 11) is 0. The summed E-state index contributed by atoms with van der Waals surface area (Å²) < 4.78 is 0. The Kier molecular flexibility index (Phi) is 3.82. The van der Waals surface area contributed by atoms with Gasteiger partial charge in [0.1, 0.15) is 0 Å². The maximum absolute atomic E-state index is 8.65. The summed E-state index contributed by atoms with van der Waals surface area (Å²) in [6, 6.07) is 0.851. The van der Waals surface area contributed by atoms with Crippen LogP contribution in [-0.2, 0) is 0 Å². The molecule has 2 rings (SSSR count). The molecule has 0 amide bonds. The summed E-state index contributed by atoms with van der Waals surface area (Å²) in [6.45, 7) is 1.52. The Morgan fingerprint density at radius 2 is 1.64 bits per heavy atom. The minimum atomic E-state index is 0.356. The molecule has 2 aliphatic rings. The monoisotopic (exact) mass is 197 g/mol. The van der Waals surface area contributed by atoms with E-state index in [0.29, 0.717) is 6.61 Å². The van der Waals surface area contributed by atoms with Crippen LogP contribution in [0.3, 0.4) is 0 Å². The Labute approximate surface area is 87.1 Å². The molecular formula is C12H23NO. The van der Waals surface area contributed by atoms with Gasteiger partial charge in [-0.05, 0) is 63.3 Å². The molecule has 2 heteroatoms. The van der Waals surface area contributed by atoms with Gasteiger partial charge in [0.2, 0.25) is 0 Å². The van der Waals surface area contributed by atoms with Crippen LogP contribution in [0.25, 0.3) is 0 Å². The lowest BCUT2D eigenvalue weighted by Crippen LogP contribution is -2.33. The molecule has 0 aromatic rings. The van der Waals surface area contributed by atoms with Gasteiger partial charge in [-0.25, -0.2) is 0 Å². The SMILES string of the molecule is OCCCCCNC(C1CC1)C1CC1. The molecule has 2 N–H and O–H groups in total. The first kappa shape index (κ1) is 10.4. The van der Waals surface area contributed by atoms with Crippen LogP contribution >= 0.6 is 0 Å². The van der Waals surface area contributed by atoms with E-state index in [2.05, 4.69) is 5.32 Å². The number of unbranched alkanes of at least 4 members (excludes halogenated alkanes) is 2. The summed E-state index contributed by atoms with van der Waals surface area (Å²) in [6.07, 6.45) is 9.23. The van der Waals surface area contributed by atoms with Gasteiger partial charge in [0.25, 0.3) is 0 Å². The van der Waals surface area contributed by atoms with Gasteiger partial charge in [-0.15, -0.1) is 0 Å². The molecule has 0 aromatic carbocycles. The van der Waals surface area contributed by atoms with Crippen LogP contribution in [0.1, 0.15) is 44.9 Å². The zero-order valence-electron chi connectivity index (χ0n) is 9.04. The molecule has 2 saturated carbocycles. The van der Waals surface area contributed by atoms with E-state index in [0.717, 1.165) is 30.8 Å². The molecule has 0 unspecified atom stereocenters. The van der Waals surface area contributed by atoms with E-state index in [-0.39, 0.29) is 0 Å². The van der Waals surface area contributed by atoms with Gasteiger partial charge in [-0.1, -0.05) is 0 Å². The topological polar surface area (TPSA) is 32.3 Å². The first-order valence-electron chi connectivity index (χ1n) is 6.26. The molecule has 0 saturated heterocycles. The molecule has 82 valence electrons. The van der Waals surface area contributed by atoms with Crippen LogP contribution in [0.4, 0.5) is 0 Å². The van der Waals surface area contributed by atoms with Crippen molar-refractivity contribution in [3.63, 3.8) is 0 Å². The fourth-order valence-corrected chi connectivity index (χ4v) is 2.31. The van der Waals surface area contributed by atoms with Crippen LogP contribution in [-0.4, -0.2) is 24.3 Å². The first-order chi connectivity index (χ1) is 6.92. The molecular weight excluding hydrogens is 174 g/mol. The number of rotatable bonds is 8. The van der Waals surface area contributed by atoms with Gasteiger partial charge >= 0.3 is 0 Å². The van der Waals surface area contributed by atoms with Crippen LogP contribution in [0.2, 0.25) is 0 Å². The van der Waals surface area contributed by atoms with Gasteiger partial charge in [-0.3, -0.25) is 0 Å². The molecule has 2 aliphatic carbocycles. The Morgan fingerprint density at radius 3 is 2.14 bits per heavy atom. The Balaban J connectivity index is 1.53. The average molecular weight is 197 g/mol. The minimum Gasteiger partial charge on any atom is -0.396 e. The number of hydrogen-bond donors (Lipinski definition) is 2. The molecule has 0 aliphatic heterocycles. The van der Waals surface area contributed by atoms with Gasteiger partial charge in [0.05, 0.1) is 0 Å². The second-order valence-electron chi connectivity index (χ2n) is 4.94. The second-order valence-corrected chi connectivity index (χ2v) is 4.94. The average Bonchev–Trinajstić information content (AvgIpc) is 3.03. The summed E-state index contributed by atoms with van der Waals surface area (Å²) in [5.41, 5.74) is 0. The van der Waals surface area contributed by atoms with Crippen molar-refractivity contribution in [2.24, 2.45) is 11.8 Å². The van der Waals surface area contributed by atoms with Crippen molar-refractivity contribution in [1.82, 2.24) is 5.32 Å². The molecule has 14 heavy (non-hydrogen) atoms. The quantitative estimate of drug-likeness (QED) is 0.583. The van der Waals surface area contributed by atoms with Crippen molar-refractivity contribution >= 4 is 0 Å². The molecule has 0 aromatic heterocycles. The molecule has 0 atom stereocenters. The van der Waals surface area contributed by atoms with E-state index in [1.54, 1.807) is 0 Å². The Morgan fingerprint density at radius 1 is 1.00 bits per heavy atom. The molecule has 2 fully saturated rings. The first-order valence-corrected chi connectivity index (χ1v) is 6.26. The largest absolute Gasteiger partial charge is 0.396 e. The summed E-state index contributed by atoms with van der Waals surface area (Å²) in [5, 5.41) is 12.4. The van der Waals surface area contributed by atoms with Gasteiger partial charge in [0, 0.05) is 12.6 Å². The summed E-state index contributed by atoms with van der Waals surface area (Å²) in [4.78, 5) is 0. The molecule has 0 spiro atoms. The predicted octanol–water partition coefficient (Wildman–Crippen LogP) is 1.93. The van der Waals surface area contributed by atoms with Gasteiger partial charge < -0.3 is 10.4 Å². The summed E-state index contributed by atoms with van der Waals surface area (Å²) >= 11 is 0. The standard InChI is InChI=1S/C12H23NO/c14-9-3-1-2-8-13-12(10-4-5-10)11-6-7-11/h10-14H,1-9H2. The minimum absolute atomic E-state index is 0.356. The lowest BCUT2D eigenvalue weighted by Gasteiger charge is -2.17. The smallest absolute Gasteiger partial charge is 0.0431 e. The van der Waals surface area contributed by atoms with Crippen LogP contribution in [0.5, 0.6) is 0 Å². The normalized spacial score (nSPS) is 21.9. The second kappa shape index (κ2) is 5.13. The molecule has 0 heterocycles. The third-order valence-electron chi connectivity index (χ3n) is 3.47. The van der Waals surface area contributed by atoms with E-state index >= 15 is 0 Å². The maximum Gasteiger partial charge on any atom is 0.0431 e. The molecule has 0 radical (unpaired) electrons. The van der Waals surface area contributed by atoms with Crippen molar-refractivity contribution in [1.29, 1.82) is 0 Å². The Bertz CT molecular complexity index is 152. The van der Waals surface area contributed by atoms with Crippen molar-refractivity contribution in [3.8, 4) is 0 Å². The van der Waals surface area contributed by atoms with Gasteiger partial charge in [0.15, 0.2) is 0 Å².